The van der Waals surface area contributed by atoms with E-state index in [1.165, 1.54) is 6.07 Å². The molecule has 18 heavy (non-hydrogen) atoms. The van der Waals surface area contributed by atoms with Gasteiger partial charge in [0.2, 0.25) is 0 Å². The highest BCUT2D eigenvalue weighted by Gasteiger charge is 2.15. The molecule has 1 N–H and O–H groups in total. The first-order valence-electron chi connectivity index (χ1n) is 5.59. The van der Waals surface area contributed by atoms with Gasteiger partial charge >= 0.3 is 0 Å². The Hall–Kier alpha value is -1.74. The van der Waals surface area contributed by atoms with Crippen LogP contribution < -0.4 is 4.74 Å². The van der Waals surface area contributed by atoms with E-state index in [4.69, 9.17) is 16.3 Å². The van der Waals surface area contributed by atoms with Crippen LogP contribution in [-0.4, -0.2) is 11.7 Å². The van der Waals surface area contributed by atoms with E-state index in [-0.39, 0.29) is 10.8 Å². The number of phenolic OH excluding ortho intramolecular Hbond substituents is 1. The molecule has 2 aromatic rings. The predicted molar refractivity (Wildman–Crippen MR) is 67.7 cm³/mol. The van der Waals surface area contributed by atoms with E-state index in [9.17, 15) is 9.50 Å². The lowest BCUT2D eigenvalue weighted by atomic mass is 10.0. The van der Waals surface area contributed by atoms with Crippen LogP contribution in [-0.2, 0) is 6.42 Å². The van der Waals surface area contributed by atoms with Gasteiger partial charge in [-0.05, 0) is 29.3 Å². The van der Waals surface area contributed by atoms with E-state index < -0.39 is 5.82 Å². The van der Waals surface area contributed by atoms with E-state index in [0.29, 0.717) is 12.2 Å². The average molecular weight is 265 g/mol. The van der Waals surface area contributed by atoms with Crippen LogP contribution in [0.4, 0.5) is 4.39 Å². The molecule has 0 bridgehead atoms. The Morgan fingerprint density at radius 2 is 2.06 bits per heavy atom. The molecular weight excluding hydrogens is 255 g/mol. The van der Waals surface area contributed by atoms with Gasteiger partial charge in [0.25, 0.3) is 0 Å². The van der Waals surface area contributed by atoms with Crippen molar-refractivity contribution < 1.29 is 14.2 Å². The Balaban J connectivity index is 2.12. The summed E-state index contributed by atoms with van der Waals surface area (Å²) in [6.45, 7) is 0.676. The maximum Gasteiger partial charge on any atom is 0.145 e. The SMILES string of the molecule is Oc1cc(F)c(Cl)cc1-c1ccc2c(c1)CCO2. The first-order chi connectivity index (χ1) is 8.65. The molecule has 0 saturated heterocycles. The molecule has 92 valence electrons. The van der Waals surface area contributed by atoms with Crippen LogP contribution in [0.15, 0.2) is 30.3 Å². The molecule has 0 atom stereocenters. The molecule has 1 aliphatic heterocycles. The fourth-order valence-corrected chi connectivity index (χ4v) is 2.29. The third kappa shape index (κ3) is 1.81. The molecule has 0 saturated carbocycles. The van der Waals surface area contributed by atoms with E-state index in [1.54, 1.807) is 0 Å². The van der Waals surface area contributed by atoms with Crippen LogP contribution in [0.3, 0.4) is 0 Å². The van der Waals surface area contributed by atoms with Crippen LogP contribution in [0, 0.1) is 5.82 Å². The van der Waals surface area contributed by atoms with Gasteiger partial charge in [-0.2, -0.15) is 0 Å². The minimum Gasteiger partial charge on any atom is -0.507 e. The summed E-state index contributed by atoms with van der Waals surface area (Å²) in [4.78, 5) is 0. The topological polar surface area (TPSA) is 29.5 Å². The molecule has 4 heteroatoms. The monoisotopic (exact) mass is 264 g/mol. The Bertz CT molecular complexity index is 625. The Morgan fingerprint density at radius 3 is 2.89 bits per heavy atom. The van der Waals surface area contributed by atoms with Crippen molar-refractivity contribution in [3.8, 4) is 22.6 Å². The van der Waals surface area contributed by atoms with Crippen LogP contribution in [0.2, 0.25) is 5.02 Å². The summed E-state index contributed by atoms with van der Waals surface area (Å²) >= 11 is 5.74. The van der Waals surface area contributed by atoms with E-state index in [2.05, 4.69) is 0 Å². The summed E-state index contributed by atoms with van der Waals surface area (Å²) in [5, 5.41) is 9.79. The van der Waals surface area contributed by atoms with Crippen molar-refractivity contribution in [1.82, 2.24) is 0 Å². The van der Waals surface area contributed by atoms with Crippen molar-refractivity contribution in [2.75, 3.05) is 6.61 Å². The molecule has 3 rings (SSSR count). The molecule has 2 nitrogen and oxygen atoms in total. The van der Waals surface area contributed by atoms with Crippen molar-refractivity contribution in [3.05, 3.63) is 46.7 Å². The highest BCUT2D eigenvalue weighted by molar-refractivity contribution is 6.31. The number of aromatic hydroxyl groups is 1. The smallest absolute Gasteiger partial charge is 0.145 e. The maximum atomic E-state index is 13.2. The van der Waals surface area contributed by atoms with Gasteiger partial charge in [-0.1, -0.05) is 17.7 Å². The maximum absolute atomic E-state index is 13.2. The number of benzene rings is 2. The van der Waals surface area contributed by atoms with Crippen molar-refractivity contribution >= 4 is 11.6 Å². The average Bonchev–Trinajstić information content (AvgIpc) is 2.80. The highest BCUT2D eigenvalue weighted by Crippen LogP contribution is 2.36. The second kappa shape index (κ2) is 4.18. The Morgan fingerprint density at radius 1 is 1.22 bits per heavy atom. The summed E-state index contributed by atoms with van der Waals surface area (Å²) < 4.78 is 18.6. The van der Waals surface area contributed by atoms with Gasteiger partial charge in [-0.3, -0.25) is 0 Å². The molecule has 1 heterocycles. The predicted octanol–water partition coefficient (Wildman–Crippen LogP) is 3.79. The van der Waals surface area contributed by atoms with Gasteiger partial charge in [0.05, 0.1) is 11.6 Å². The van der Waals surface area contributed by atoms with Crippen LogP contribution in [0.1, 0.15) is 5.56 Å². The zero-order chi connectivity index (χ0) is 12.7. The van der Waals surface area contributed by atoms with Gasteiger partial charge < -0.3 is 9.84 Å². The van der Waals surface area contributed by atoms with E-state index >= 15 is 0 Å². The Labute approximate surface area is 109 Å². The van der Waals surface area contributed by atoms with Gasteiger partial charge in [0, 0.05) is 18.1 Å². The van der Waals surface area contributed by atoms with Crippen molar-refractivity contribution in [3.63, 3.8) is 0 Å². The van der Waals surface area contributed by atoms with Crippen LogP contribution in [0.25, 0.3) is 11.1 Å². The second-order valence-electron chi connectivity index (χ2n) is 4.20. The van der Waals surface area contributed by atoms with Crippen LogP contribution in [0.5, 0.6) is 11.5 Å². The molecule has 0 spiro atoms. The number of phenols is 1. The lowest BCUT2D eigenvalue weighted by Crippen LogP contribution is -1.85. The third-order valence-corrected chi connectivity index (χ3v) is 3.33. The summed E-state index contributed by atoms with van der Waals surface area (Å²) in [6.07, 6.45) is 0.846. The van der Waals surface area contributed by atoms with Gasteiger partial charge in [0.15, 0.2) is 0 Å². The molecular formula is C14H10ClFO2. The number of rotatable bonds is 1. The van der Waals surface area contributed by atoms with Gasteiger partial charge in [-0.25, -0.2) is 4.39 Å². The minimum absolute atomic E-state index is 0.000418. The molecule has 0 amide bonds. The van der Waals surface area contributed by atoms with E-state index in [0.717, 1.165) is 29.4 Å². The number of hydrogen-bond acceptors (Lipinski definition) is 2. The van der Waals surface area contributed by atoms with E-state index in [1.807, 2.05) is 18.2 Å². The second-order valence-corrected chi connectivity index (χ2v) is 4.61. The number of fused-ring (bicyclic) bond motifs is 1. The van der Waals surface area contributed by atoms with Crippen molar-refractivity contribution in [2.24, 2.45) is 0 Å². The lowest BCUT2D eigenvalue weighted by molar-refractivity contribution is 0.357. The van der Waals surface area contributed by atoms with Crippen LogP contribution >= 0.6 is 11.6 Å². The summed E-state index contributed by atoms with van der Waals surface area (Å²) in [6, 6.07) is 8.08. The lowest BCUT2D eigenvalue weighted by Gasteiger charge is -2.08. The standard InChI is InChI=1S/C14H10ClFO2/c15-11-6-10(13(17)7-12(11)16)8-1-2-14-9(5-8)3-4-18-14/h1-2,5-7,17H,3-4H2. The molecule has 0 radical (unpaired) electrons. The zero-order valence-electron chi connectivity index (χ0n) is 9.41. The normalized spacial score (nSPS) is 13.2. The molecule has 0 unspecified atom stereocenters. The van der Waals surface area contributed by atoms with Crippen molar-refractivity contribution in [1.29, 1.82) is 0 Å². The quantitative estimate of drug-likeness (QED) is 0.849. The fraction of sp³-hybridized carbons (Fsp3) is 0.143. The minimum atomic E-state index is -0.623. The van der Waals surface area contributed by atoms with Gasteiger partial charge in [-0.15, -0.1) is 0 Å². The third-order valence-electron chi connectivity index (χ3n) is 3.04. The molecule has 0 fully saturated rings. The van der Waals surface area contributed by atoms with Crippen molar-refractivity contribution in [2.45, 2.75) is 6.42 Å². The molecule has 2 aromatic carbocycles. The summed E-state index contributed by atoms with van der Waals surface area (Å²) in [7, 11) is 0. The largest absolute Gasteiger partial charge is 0.507 e. The number of ether oxygens (including phenoxy) is 1. The summed E-state index contributed by atoms with van der Waals surface area (Å²) in [5.74, 6) is 0.129. The number of hydrogen-bond donors (Lipinski definition) is 1. The fourth-order valence-electron chi connectivity index (χ4n) is 2.12. The molecule has 0 aliphatic carbocycles. The number of halogens is 2. The summed E-state index contributed by atoms with van der Waals surface area (Å²) in [5.41, 5.74) is 2.42. The first-order valence-corrected chi connectivity index (χ1v) is 5.97. The van der Waals surface area contributed by atoms with Gasteiger partial charge in [0.1, 0.15) is 17.3 Å². The molecule has 1 aliphatic rings. The zero-order valence-corrected chi connectivity index (χ0v) is 10.2. The first kappa shape index (κ1) is 11.4. The highest BCUT2D eigenvalue weighted by atomic mass is 35.5. The molecule has 0 aromatic heterocycles. The Kier molecular flexibility index (Phi) is 2.63.